The third-order valence-corrected chi connectivity index (χ3v) is 3.40. The molecule has 2 rings (SSSR count). The van der Waals surface area contributed by atoms with E-state index in [1.807, 2.05) is 37.6 Å². The van der Waals surface area contributed by atoms with Gasteiger partial charge in [-0.1, -0.05) is 0 Å². The molecule has 0 saturated carbocycles. The van der Waals surface area contributed by atoms with Crippen LogP contribution in [0.2, 0.25) is 0 Å². The van der Waals surface area contributed by atoms with Gasteiger partial charge >= 0.3 is 0 Å². The van der Waals surface area contributed by atoms with Crippen LogP contribution >= 0.6 is 15.9 Å². The maximum absolute atomic E-state index is 12.3. The lowest BCUT2D eigenvalue weighted by Crippen LogP contribution is -2.28. The lowest BCUT2D eigenvalue weighted by molar-refractivity contribution is 0.0929. The Bertz CT molecular complexity index is 559. The number of aromatic nitrogens is 3. The number of nitrogens with zero attached hydrogens (tertiary/aromatic N) is 2. The second-order valence-corrected chi connectivity index (χ2v) is 5.69. The minimum atomic E-state index is -0.0897. The third-order valence-electron chi connectivity index (χ3n) is 2.97. The van der Waals surface area contributed by atoms with Crippen LogP contribution < -0.4 is 5.32 Å². The summed E-state index contributed by atoms with van der Waals surface area (Å²) < 4.78 is 2.85. The van der Waals surface area contributed by atoms with E-state index in [0.29, 0.717) is 5.69 Å². The van der Waals surface area contributed by atoms with E-state index in [1.165, 1.54) is 0 Å². The number of carbonyl (C=O) groups excluding carboxylic acids is 1. The average Bonchev–Trinajstić information content (AvgIpc) is 2.96. The standard InChI is InChI=1S/C13H17BrN4O/c1-8(2)18-7-11(14)4-12(18)13(19)17-9(3)10-5-15-16-6-10/h4-9H,1-3H3,(H,15,16)(H,17,19). The van der Waals surface area contributed by atoms with E-state index in [-0.39, 0.29) is 18.0 Å². The molecule has 6 heteroatoms. The van der Waals surface area contributed by atoms with Crippen LogP contribution in [0.3, 0.4) is 0 Å². The van der Waals surface area contributed by atoms with Crippen molar-refractivity contribution in [1.29, 1.82) is 0 Å². The number of nitrogens with one attached hydrogen (secondary N) is 2. The first kappa shape index (κ1) is 13.9. The van der Waals surface area contributed by atoms with Gasteiger partial charge in [0.1, 0.15) is 5.69 Å². The van der Waals surface area contributed by atoms with Crippen molar-refractivity contribution >= 4 is 21.8 Å². The van der Waals surface area contributed by atoms with Crippen LogP contribution in [0.15, 0.2) is 29.1 Å². The SMILES string of the molecule is CC(NC(=O)c1cc(Br)cn1C(C)C)c1cn[nH]c1. The van der Waals surface area contributed by atoms with Gasteiger partial charge in [-0.15, -0.1) is 0 Å². The van der Waals surface area contributed by atoms with Crippen LogP contribution in [0.25, 0.3) is 0 Å². The maximum Gasteiger partial charge on any atom is 0.268 e. The highest BCUT2D eigenvalue weighted by Crippen LogP contribution is 2.20. The zero-order chi connectivity index (χ0) is 14.0. The summed E-state index contributed by atoms with van der Waals surface area (Å²) in [6, 6.07) is 1.98. The first-order valence-corrected chi connectivity index (χ1v) is 6.95. The summed E-state index contributed by atoms with van der Waals surface area (Å²) in [4.78, 5) is 12.3. The van der Waals surface area contributed by atoms with Gasteiger partial charge in [-0.2, -0.15) is 5.10 Å². The second-order valence-electron chi connectivity index (χ2n) is 4.77. The number of halogens is 1. The lowest BCUT2D eigenvalue weighted by atomic mass is 10.2. The largest absolute Gasteiger partial charge is 0.344 e. The van der Waals surface area contributed by atoms with Gasteiger partial charge in [0.2, 0.25) is 0 Å². The van der Waals surface area contributed by atoms with Gasteiger partial charge in [-0.3, -0.25) is 9.89 Å². The Morgan fingerprint density at radius 2 is 2.21 bits per heavy atom. The summed E-state index contributed by atoms with van der Waals surface area (Å²) in [7, 11) is 0. The molecule has 19 heavy (non-hydrogen) atoms. The minimum absolute atomic E-state index is 0.0828. The van der Waals surface area contributed by atoms with Crippen LogP contribution in [0, 0.1) is 0 Å². The van der Waals surface area contributed by atoms with Crippen molar-refractivity contribution in [2.24, 2.45) is 0 Å². The molecule has 0 aliphatic heterocycles. The predicted molar refractivity (Wildman–Crippen MR) is 77.0 cm³/mol. The zero-order valence-electron chi connectivity index (χ0n) is 11.1. The Kier molecular flexibility index (Phi) is 4.09. The van der Waals surface area contributed by atoms with Crippen LogP contribution in [-0.4, -0.2) is 20.7 Å². The molecule has 0 aromatic carbocycles. The van der Waals surface area contributed by atoms with Gasteiger partial charge in [0, 0.05) is 28.5 Å². The van der Waals surface area contributed by atoms with Crippen molar-refractivity contribution in [3.05, 3.63) is 40.4 Å². The Hall–Kier alpha value is -1.56. The Labute approximate surface area is 120 Å². The van der Waals surface area contributed by atoms with Crippen molar-refractivity contribution in [2.75, 3.05) is 0 Å². The van der Waals surface area contributed by atoms with Crippen molar-refractivity contribution in [2.45, 2.75) is 32.9 Å². The first-order chi connectivity index (χ1) is 8.99. The van der Waals surface area contributed by atoms with Gasteiger partial charge in [-0.05, 0) is 42.8 Å². The van der Waals surface area contributed by atoms with E-state index < -0.39 is 0 Å². The number of amides is 1. The second kappa shape index (κ2) is 5.61. The molecular formula is C13H17BrN4O. The molecule has 0 aliphatic rings. The molecule has 1 unspecified atom stereocenters. The Balaban J connectivity index is 2.16. The van der Waals surface area contributed by atoms with E-state index in [0.717, 1.165) is 10.0 Å². The molecule has 0 radical (unpaired) electrons. The summed E-state index contributed by atoms with van der Waals surface area (Å²) in [6.45, 7) is 6.02. The molecule has 1 atom stereocenters. The van der Waals surface area contributed by atoms with E-state index >= 15 is 0 Å². The highest BCUT2D eigenvalue weighted by molar-refractivity contribution is 9.10. The third kappa shape index (κ3) is 3.07. The highest BCUT2D eigenvalue weighted by Gasteiger charge is 2.17. The number of carbonyl (C=O) groups is 1. The zero-order valence-corrected chi connectivity index (χ0v) is 12.7. The number of rotatable bonds is 4. The van der Waals surface area contributed by atoms with E-state index in [4.69, 9.17) is 0 Å². The fourth-order valence-corrected chi connectivity index (χ4v) is 2.34. The fraction of sp³-hybridized carbons (Fsp3) is 0.385. The monoisotopic (exact) mass is 324 g/mol. The molecule has 0 bridgehead atoms. The maximum atomic E-state index is 12.3. The van der Waals surface area contributed by atoms with Gasteiger partial charge < -0.3 is 9.88 Å². The fourth-order valence-electron chi connectivity index (χ4n) is 1.91. The van der Waals surface area contributed by atoms with Gasteiger partial charge in [-0.25, -0.2) is 0 Å². The molecule has 0 saturated heterocycles. The van der Waals surface area contributed by atoms with E-state index in [2.05, 4.69) is 31.4 Å². The Morgan fingerprint density at radius 1 is 1.47 bits per heavy atom. The van der Waals surface area contributed by atoms with Crippen molar-refractivity contribution in [3.8, 4) is 0 Å². The summed E-state index contributed by atoms with van der Waals surface area (Å²) in [5.74, 6) is -0.0897. The normalized spacial score (nSPS) is 12.7. The summed E-state index contributed by atoms with van der Waals surface area (Å²) in [5, 5.41) is 9.59. The van der Waals surface area contributed by atoms with Gasteiger partial charge in [0.15, 0.2) is 0 Å². The molecule has 0 aliphatic carbocycles. The molecule has 102 valence electrons. The summed E-state index contributed by atoms with van der Waals surface area (Å²) >= 11 is 3.41. The number of H-pyrrole nitrogens is 1. The lowest BCUT2D eigenvalue weighted by Gasteiger charge is -2.15. The minimum Gasteiger partial charge on any atom is -0.344 e. The molecule has 2 N–H and O–H groups in total. The molecule has 2 heterocycles. The van der Waals surface area contributed by atoms with Gasteiger partial charge in [0.25, 0.3) is 5.91 Å². The van der Waals surface area contributed by atoms with Crippen molar-refractivity contribution in [3.63, 3.8) is 0 Å². The summed E-state index contributed by atoms with van der Waals surface area (Å²) in [5.41, 5.74) is 1.60. The quantitative estimate of drug-likeness (QED) is 0.907. The van der Waals surface area contributed by atoms with Crippen molar-refractivity contribution < 1.29 is 4.79 Å². The van der Waals surface area contributed by atoms with Crippen LogP contribution in [-0.2, 0) is 0 Å². The molecule has 2 aromatic heterocycles. The van der Waals surface area contributed by atoms with Crippen LogP contribution in [0.4, 0.5) is 0 Å². The van der Waals surface area contributed by atoms with Gasteiger partial charge in [0.05, 0.1) is 12.2 Å². The molecular weight excluding hydrogens is 308 g/mol. The van der Waals surface area contributed by atoms with Crippen LogP contribution in [0.1, 0.15) is 48.9 Å². The highest BCUT2D eigenvalue weighted by atomic mass is 79.9. The van der Waals surface area contributed by atoms with E-state index in [9.17, 15) is 4.79 Å². The van der Waals surface area contributed by atoms with Crippen molar-refractivity contribution in [1.82, 2.24) is 20.1 Å². The van der Waals surface area contributed by atoms with Crippen LogP contribution in [0.5, 0.6) is 0 Å². The molecule has 0 fully saturated rings. The number of hydrogen-bond donors (Lipinski definition) is 2. The molecule has 2 aromatic rings. The smallest absolute Gasteiger partial charge is 0.268 e. The number of hydrogen-bond acceptors (Lipinski definition) is 2. The summed E-state index contributed by atoms with van der Waals surface area (Å²) in [6.07, 6.45) is 5.41. The topological polar surface area (TPSA) is 62.7 Å². The number of aromatic amines is 1. The first-order valence-electron chi connectivity index (χ1n) is 6.16. The Morgan fingerprint density at radius 3 is 2.79 bits per heavy atom. The molecule has 0 spiro atoms. The predicted octanol–water partition coefficient (Wildman–Crippen LogP) is 3.05. The average molecular weight is 325 g/mol. The molecule has 5 nitrogen and oxygen atoms in total. The molecule has 1 amide bonds. The van der Waals surface area contributed by atoms with E-state index in [1.54, 1.807) is 12.4 Å².